The highest BCUT2D eigenvalue weighted by Crippen LogP contribution is 2.22. The van der Waals surface area contributed by atoms with Crippen LogP contribution in [0.5, 0.6) is 0 Å². The van der Waals surface area contributed by atoms with E-state index in [1.54, 1.807) is 11.3 Å². The summed E-state index contributed by atoms with van der Waals surface area (Å²) in [6.45, 7) is 6.25. The van der Waals surface area contributed by atoms with Gasteiger partial charge in [0.25, 0.3) is 0 Å². The van der Waals surface area contributed by atoms with Crippen molar-refractivity contribution in [1.29, 1.82) is 0 Å². The van der Waals surface area contributed by atoms with Crippen LogP contribution in [-0.4, -0.2) is 10.6 Å². The zero-order valence-electron chi connectivity index (χ0n) is 12.0. The van der Waals surface area contributed by atoms with Crippen molar-refractivity contribution >= 4 is 22.2 Å². The molecular weight excluding hydrogens is 264 g/mol. The molecule has 3 heteroatoms. The van der Waals surface area contributed by atoms with Gasteiger partial charge in [-0.25, -0.2) is 0 Å². The maximum atomic E-state index is 3.50. The summed E-state index contributed by atoms with van der Waals surface area (Å²) >= 11 is 1.76. The number of hydrogen-bond donors (Lipinski definition) is 1. The normalized spacial score (nSPS) is 11.6. The van der Waals surface area contributed by atoms with Crippen LogP contribution in [0.25, 0.3) is 10.9 Å². The largest absolute Gasteiger partial charge is 0.343 e. The molecule has 0 spiro atoms. The Morgan fingerprint density at radius 3 is 2.85 bits per heavy atom. The lowest BCUT2D eigenvalue weighted by molar-refractivity contribution is 0.590. The fraction of sp³-hybridized carbons (Fsp3) is 0.294. The molecular formula is C17H20N2S. The molecule has 0 amide bonds. The molecule has 20 heavy (non-hydrogen) atoms. The Balaban J connectivity index is 1.90. The fourth-order valence-corrected chi connectivity index (χ4v) is 3.13. The highest BCUT2D eigenvalue weighted by molar-refractivity contribution is 7.07. The summed E-state index contributed by atoms with van der Waals surface area (Å²) in [6, 6.07) is 11.5. The van der Waals surface area contributed by atoms with E-state index in [4.69, 9.17) is 0 Å². The summed E-state index contributed by atoms with van der Waals surface area (Å²) in [5.41, 5.74) is 4.07. The Morgan fingerprint density at radius 2 is 2.10 bits per heavy atom. The molecule has 0 saturated heterocycles. The van der Waals surface area contributed by atoms with Crippen molar-refractivity contribution in [3.8, 4) is 0 Å². The van der Waals surface area contributed by atoms with Crippen LogP contribution >= 0.6 is 11.3 Å². The summed E-state index contributed by atoms with van der Waals surface area (Å²) in [5.74, 6) is 0. The van der Waals surface area contributed by atoms with Gasteiger partial charge in [0.15, 0.2) is 0 Å². The Kier molecular flexibility index (Phi) is 3.90. The summed E-state index contributed by atoms with van der Waals surface area (Å²) in [4.78, 5) is 0. The number of hydrogen-bond acceptors (Lipinski definition) is 2. The van der Waals surface area contributed by atoms with E-state index in [0.29, 0.717) is 6.04 Å². The van der Waals surface area contributed by atoms with Gasteiger partial charge in [0, 0.05) is 36.2 Å². The lowest BCUT2D eigenvalue weighted by Gasteiger charge is -2.10. The van der Waals surface area contributed by atoms with Crippen molar-refractivity contribution in [3.63, 3.8) is 0 Å². The number of nitrogens with one attached hydrogen (secondary N) is 1. The number of fused-ring (bicyclic) bond motifs is 1. The highest BCUT2D eigenvalue weighted by Gasteiger charge is 2.06. The molecule has 0 aliphatic heterocycles. The molecule has 0 unspecified atom stereocenters. The van der Waals surface area contributed by atoms with Gasteiger partial charge in [-0.05, 0) is 40.1 Å². The fourth-order valence-electron chi connectivity index (χ4n) is 2.47. The van der Waals surface area contributed by atoms with E-state index < -0.39 is 0 Å². The first-order valence-electron chi connectivity index (χ1n) is 7.05. The van der Waals surface area contributed by atoms with Gasteiger partial charge in [-0.1, -0.05) is 26.0 Å². The van der Waals surface area contributed by atoms with Gasteiger partial charge >= 0.3 is 0 Å². The predicted octanol–water partition coefficient (Wildman–Crippen LogP) is 4.25. The standard InChI is InChI=1S/C17H20N2S/c1-13(2)18-10-15-4-3-5-17-16(15)6-8-19(17)11-14-7-9-20-12-14/h3-9,12-13,18H,10-11H2,1-2H3. The SMILES string of the molecule is CC(C)NCc1cccc2c1ccn2Cc1ccsc1. The third-order valence-corrected chi connectivity index (χ3v) is 4.27. The van der Waals surface area contributed by atoms with E-state index in [1.807, 2.05) is 0 Å². The van der Waals surface area contributed by atoms with Crippen LogP contribution in [-0.2, 0) is 13.1 Å². The minimum Gasteiger partial charge on any atom is -0.343 e. The molecule has 1 aromatic carbocycles. The van der Waals surface area contributed by atoms with Gasteiger partial charge in [-0.2, -0.15) is 11.3 Å². The summed E-state index contributed by atoms with van der Waals surface area (Å²) < 4.78 is 2.33. The number of thiophene rings is 1. The van der Waals surface area contributed by atoms with Crippen molar-refractivity contribution in [3.05, 3.63) is 58.4 Å². The van der Waals surface area contributed by atoms with Crippen LogP contribution in [0.1, 0.15) is 25.0 Å². The Labute approximate surface area is 124 Å². The van der Waals surface area contributed by atoms with Crippen LogP contribution in [0.3, 0.4) is 0 Å². The minimum absolute atomic E-state index is 0.512. The average molecular weight is 284 g/mol. The second-order valence-electron chi connectivity index (χ2n) is 5.46. The molecule has 0 fully saturated rings. The van der Waals surface area contributed by atoms with Crippen LogP contribution in [0, 0.1) is 0 Å². The average Bonchev–Trinajstić information content (AvgIpc) is 3.07. The van der Waals surface area contributed by atoms with Crippen molar-refractivity contribution in [2.75, 3.05) is 0 Å². The van der Waals surface area contributed by atoms with Crippen molar-refractivity contribution in [2.24, 2.45) is 0 Å². The van der Waals surface area contributed by atoms with Gasteiger partial charge in [0.2, 0.25) is 0 Å². The quantitative estimate of drug-likeness (QED) is 0.741. The summed E-state index contributed by atoms with van der Waals surface area (Å²) in [6.07, 6.45) is 2.20. The molecule has 0 aliphatic carbocycles. The lowest BCUT2D eigenvalue weighted by Crippen LogP contribution is -2.21. The number of nitrogens with zero attached hydrogens (tertiary/aromatic N) is 1. The van der Waals surface area contributed by atoms with Crippen molar-refractivity contribution in [2.45, 2.75) is 33.0 Å². The van der Waals surface area contributed by atoms with E-state index in [2.05, 4.69) is 71.0 Å². The van der Waals surface area contributed by atoms with E-state index >= 15 is 0 Å². The Hall–Kier alpha value is -1.58. The summed E-state index contributed by atoms with van der Waals surface area (Å²) in [7, 11) is 0. The third kappa shape index (κ3) is 2.79. The maximum Gasteiger partial charge on any atom is 0.0486 e. The molecule has 104 valence electrons. The van der Waals surface area contributed by atoms with Crippen LogP contribution in [0.4, 0.5) is 0 Å². The van der Waals surface area contributed by atoms with Crippen molar-refractivity contribution in [1.82, 2.24) is 9.88 Å². The third-order valence-electron chi connectivity index (χ3n) is 3.54. The zero-order valence-corrected chi connectivity index (χ0v) is 12.8. The maximum absolute atomic E-state index is 3.50. The van der Waals surface area contributed by atoms with E-state index in [-0.39, 0.29) is 0 Å². The van der Waals surface area contributed by atoms with E-state index in [1.165, 1.54) is 22.0 Å². The van der Waals surface area contributed by atoms with Gasteiger partial charge in [0.1, 0.15) is 0 Å². The molecule has 2 heterocycles. The first kappa shape index (κ1) is 13.4. The van der Waals surface area contributed by atoms with Crippen molar-refractivity contribution < 1.29 is 0 Å². The molecule has 3 aromatic rings. The first-order chi connectivity index (χ1) is 9.74. The number of benzene rings is 1. The molecule has 0 atom stereocenters. The Bertz CT molecular complexity index is 680. The summed E-state index contributed by atoms with van der Waals surface area (Å²) in [5, 5.41) is 9.21. The van der Waals surface area contributed by atoms with Gasteiger partial charge in [0.05, 0.1) is 0 Å². The zero-order chi connectivity index (χ0) is 13.9. The second kappa shape index (κ2) is 5.81. The first-order valence-corrected chi connectivity index (χ1v) is 7.99. The molecule has 2 aromatic heterocycles. The minimum atomic E-state index is 0.512. The number of rotatable bonds is 5. The van der Waals surface area contributed by atoms with Crippen LogP contribution in [0.15, 0.2) is 47.3 Å². The Morgan fingerprint density at radius 1 is 1.20 bits per heavy atom. The predicted molar refractivity (Wildman–Crippen MR) is 87.3 cm³/mol. The van der Waals surface area contributed by atoms with Crippen LogP contribution in [0.2, 0.25) is 0 Å². The molecule has 3 rings (SSSR count). The molecule has 1 N–H and O–H groups in total. The molecule has 0 aliphatic rings. The molecule has 0 radical (unpaired) electrons. The van der Waals surface area contributed by atoms with Gasteiger partial charge in [-0.3, -0.25) is 0 Å². The smallest absolute Gasteiger partial charge is 0.0486 e. The molecule has 2 nitrogen and oxygen atoms in total. The second-order valence-corrected chi connectivity index (χ2v) is 6.24. The van der Waals surface area contributed by atoms with E-state index in [0.717, 1.165) is 13.1 Å². The molecule has 0 bridgehead atoms. The van der Waals surface area contributed by atoms with Crippen LogP contribution < -0.4 is 5.32 Å². The van der Waals surface area contributed by atoms with Gasteiger partial charge < -0.3 is 9.88 Å². The lowest BCUT2D eigenvalue weighted by atomic mass is 10.1. The monoisotopic (exact) mass is 284 g/mol. The van der Waals surface area contributed by atoms with E-state index in [9.17, 15) is 0 Å². The number of aromatic nitrogens is 1. The highest BCUT2D eigenvalue weighted by atomic mass is 32.1. The molecule has 0 saturated carbocycles. The topological polar surface area (TPSA) is 17.0 Å². The van der Waals surface area contributed by atoms with Gasteiger partial charge in [-0.15, -0.1) is 0 Å².